The van der Waals surface area contributed by atoms with Crippen LogP contribution >= 0.6 is 0 Å². The van der Waals surface area contributed by atoms with Crippen LogP contribution in [0.4, 0.5) is 0 Å². The fourth-order valence-electron chi connectivity index (χ4n) is 6.00. The van der Waals surface area contributed by atoms with E-state index >= 15 is 0 Å². The standard InChI is InChI=1S/C27H37N5O4/c1-35-24-8-7-20-17-25(24)36-15-3-2-11-30(27(34)9-14-31-12-5-10-29-31)19-26(33)28-18-21-16-23(20)32-13-4-6-22(21)32/h5,7-8,10,12,17,21-23H,2-4,6,9,11,13-16,18-19H2,1H3,(H,28,33)/t21-,22+,23-/m1/s1. The molecule has 3 aliphatic rings. The number of hydrogen-bond acceptors (Lipinski definition) is 6. The van der Waals surface area contributed by atoms with Gasteiger partial charge in [0.15, 0.2) is 11.5 Å². The van der Waals surface area contributed by atoms with E-state index in [-0.39, 0.29) is 18.4 Å². The maximum Gasteiger partial charge on any atom is 0.239 e. The average molecular weight is 496 g/mol. The van der Waals surface area contributed by atoms with Gasteiger partial charge in [-0.25, -0.2) is 0 Å². The number of fused-ring (bicyclic) bond motifs is 8. The quantitative estimate of drug-likeness (QED) is 0.702. The normalized spacial score (nSPS) is 25.2. The highest BCUT2D eigenvalue weighted by Crippen LogP contribution is 2.46. The second kappa shape index (κ2) is 11.3. The minimum Gasteiger partial charge on any atom is -0.493 e. The Bertz CT molecular complexity index is 1040. The van der Waals surface area contributed by atoms with Crippen LogP contribution in [0.25, 0.3) is 0 Å². The molecule has 4 bridgehead atoms. The molecule has 5 rings (SSSR count). The molecule has 4 heterocycles. The number of aryl methyl sites for hydroxylation is 1. The van der Waals surface area contributed by atoms with Crippen molar-refractivity contribution in [3.05, 3.63) is 42.2 Å². The van der Waals surface area contributed by atoms with Crippen LogP contribution in [0.5, 0.6) is 11.5 Å². The Morgan fingerprint density at radius 2 is 2.17 bits per heavy atom. The lowest BCUT2D eigenvalue weighted by Crippen LogP contribution is -2.43. The number of nitrogens with one attached hydrogen (secondary N) is 1. The summed E-state index contributed by atoms with van der Waals surface area (Å²) >= 11 is 0. The molecule has 1 N–H and O–H groups in total. The van der Waals surface area contributed by atoms with Gasteiger partial charge in [-0.2, -0.15) is 5.10 Å². The Hall–Kier alpha value is -3.07. The van der Waals surface area contributed by atoms with E-state index in [1.165, 1.54) is 12.0 Å². The molecule has 0 spiro atoms. The van der Waals surface area contributed by atoms with Crippen molar-refractivity contribution in [3.8, 4) is 11.5 Å². The highest BCUT2D eigenvalue weighted by atomic mass is 16.5. The molecule has 36 heavy (non-hydrogen) atoms. The van der Waals surface area contributed by atoms with Gasteiger partial charge in [0, 0.05) is 50.5 Å². The highest BCUT2D eigenvalue weighted by Gasteiger charge is 2.44. The zero-order valence-electron chi connectivity index (χ0n) is 21.1. The van der Waals surface area contributed by atoms with Gasteiger partial charge in [0.25, 0.3) is 0 Å². The second-order valence-corrected chi connectivity index (χ2v) is 10.1. The summed E-state index contributed by atoms with van der Waals surface area (Å²) in [4.78, 5) is 30.2. The number of benzene rings is 1. The molecule has 0 aliphatic carbocycles. The van der Waals surface area contributed by atoms with Crippen LogP contribution in [0.1, 0.15) is 50.1 Å². The third-order valence-electron chi connectivity index (χ3n) is 7.83. The average Bonchev–Trinajstić information content (AvgIpc) is 3.63. The molecule has 3 atom stereocenters. The van der Waals surface area contributed by atoms with Gasteiger partial charge in [0.1, 0.15) is 0 Å². The molecule has 2 fully saturated rings. The van der Waals surface area contributed by atoms with Crippen LogP contribution in [0, 0.1) is 5.92 Å². The number of nitrogens with zero attached hydrogens (tertiary/aromatic N) is 4. The first-order chi connectivity index (χ1) is 17.6. The van der Waals surface area contributed by atoms with Crippen LogP contribution in [0.15, 0.2) is 36.7 Å². The SMILES string of the molecule is COc1ccc2cc1OCCCCN(C(=O)CCn1cccn1)CC(=O)NC[C@H]1C[C@H]2N2CCC[C@@H]12. The fourth-order valence-corrected chi connectivity index (χ4v) is 6.00. The molecule has 1 aromatic carbocycles. The predicted molar refractivity (Wildman–Crippen MR) is 135 cm³/mol. The lowest BCUT2D eigenvalue weighted by Gasteiger charge is -2.25. The Kier molecular flexibility index (Phi) is 7.75. The first-order valence-corrected chi connectivity index (χ1v) is 13.2. The third-order valence-corrected chi connectivity index (χ3v) is 7.83. The van der Waals surface area contributed by atoms with Gasteiger partial charge in [-0.1, -0.05) is 6.07 Å². The van der Waals surface area contributed by atoms with Gasteiger partial charge in [-0.05, 0) is 68.3 Å². The van der Waals surface area contributed by atoms with Crippen molar-refractivity contribution >= 4 is 11.8 Å². The summed E-state index contributed by atoms with van der Waals surface area (Å²) in [7, 11) is 1.67. The van der Waals surface area contributed by atoms with E-state index < -0.39 is 0 Å². The van der Waals surface area contributed by atoms with Crippen molar-refractivity contribution in [1.29, 1.82) is 0 Å². The summed E-state index contributed by atoms with van der Waals surface area (Å²) in [5.74, 6) is 1.81. The van der Waals surface area contributed by atoms with Crippen molar-refractivity contribution in [2.75, 3.05) is 39.9 Å². The summed E-state index contributed by atoms with van der Waals surface area (Å²) in [6, 6.07) is 8.94. The molecule has 9 heteroatoms. The summed E-state index contributed by atoms with van der Waals surface area (Å²) in [6.07, 6.45) is 8.74. The number of carbonyl (C=O) groups excluding carboxylic acids is 2. The zero-order chi connectivity index (χ0) is 24.9. The summed E-state index contributed by atoms with van der Waals surface area (Å²) < 4.78 is 13.5. The Morgan fingerprint density at radius 1 is 1.25 bits per heavy atom. The third kappa shape index (κ3) is 5.51. The van der Waals surface area contributed by atoms with E-state index in [0.717, 1.165) is 43.7 Å². The molecule has 0 unspecified atom stereocenters. The maximum atomic E-state index is 13.0. The second-order valence-electron chi connectivity index (χ2n) is 10.1. The molecule has 1 aromatic heterocycles. The van der Waals surface area contributed by atoms with Crippen molar-refractivity contribution in [2.45, 2.75) is 57.2 Å². The Morgan fingerprint density at radius 3 is 3.00 bits per heavy atom. The molecule has 0 saturated carbocycles. The van der Waals surface area contributed by atoms with E-state index in [9.17, 15) is 9.59 Å². The topological polar surface area (TPSA) is 88.9 Å². The lowest BCUT2D eigenvalue weighted by molar-refractivity contribution is -0.136. The van der Waals surface area contributed by atoms with Gasteiger partial charge in [-0.15, -0.1) is 0 Å². The molecule has 0 radical (unpaired) electrons. The van der Waals surface area contributed by atoms with Gasteiger partial charge >= 0.3 is 0 Å². The van der Waals surface area contributed by atoms with Gasteiger partial charge < -0.3 is 19.7 Å². The van der Waals surface area contributed by atoms with Gasteiger partial charge in [0.2, 0.25) is 11.8 Å². The molecule has 2 amide bonds. The molecule has 2 saturated heterocycles. The number of ether oxygens (including phenoxy) is 2. The lowest BCUT2D eigenvalue weighted by atomic mass is 9.94. The molecule has 2 aromatic rings. The van der Waals surface area contributed by atoms with Crippen molar-refractivity contribution in [2.24, 2.45) is 5.92 Å². The van der Waals surface area contributed by atoms with Crippen molar-refractivity contribution < 1.29 is 19.1 Å². The van der Waals surface area contributed by atoms with Crippen LogP contribution in [0.3, 0.4) is 0 Å². The molecular weight excluding hydrogens is 458 g/mol. The number of aromatic nitrogens is 2. The highest BCUT2D eigenvalue weighted by molar-refractivity contribution is 5.84. The zero-order valence-corrected chi connectivity index (χ0v) is 21.1. The Balaban J connectivity index is 1.31. The first kappa shape index (κ1) is 24.6. The van der Waals surface area contributed by atoms with E-state index in [1.54, 1.807) is 22.9 Å². The minimum atomic E-state index is -0.0782. The summed E-state index contributed by atoms with van der Waals surface area (Å²) in [5, 5.41) is 7.34. The smallest absolute Gasteiger partial charge is 0.239 e. The van der Waals surface area contributed by atoms with Crippen LogP contribution in [-0.4, -0.2) is 77.3 Å². The first-order valence-electron chi connectivity index (χ1n) is 13.2. The Labute approximate surface area is 212 Å². The largest absolute Gasteiger partial charge is 0.493 e. The maximum absolute atomic E-state index is 13.0. The molecule has 3 aliphatic heterocycles. The van der Waals surface area contributed by atoms with E-state index in [2.05, 4.69) is 27.4 Å². The van der Waals surface area contributed by atoms with E-state index in [4.69, 9.17) is 9.47 Å². The molecular formula is C27H37N5O4. The molecule has 9 nitrogen and oxygen atoms in total. The van der Waals surface area contributed by atoms with Gasteiger partial charge in [-0.3, -0.25) is 19.2 Å². The number of methoxy groups -OCH3 is 1. The number of amides is 2. The van der Waals surface area contributed by atoms with E-state index in [1.807, 2.05) is 18.3 Å². The molecule has 194 valence electrons. The van der Waals surface area contributed by atoms with Crippen molar-refractivity contribution in [1.82, 2.24) is 24.9 Å². The number of carbonyl (C=O) groups is 2. The van der Waals surface area contributed by atoms with Crippen LogP contribution in [0.2, 0.25) is 0 Å². The van der Waals surface area contributed by atoms with Gasteiger partial charge in [0.05, 0.1) is 20.3 Å². The number of hydrogen-bond donors (Lipinski definition) is 1. The monoisotopic (exact) mass is 495 g/mol. The summed E-state index contributed by atoms with van der Waals surface area (Å²) in [6.45, 7) is 3.38. The predicted octanol–water partition coefficient (Wildman–Crippen LogP) is 2.62. The number of rotatable bonds is 4. The van der Waals surface area contributed by atoms with Crippen molar-refractivity contribution in [3.63, 3.8) is 0 Å². The fraction of sp³-hybridized carbons (Fsp3) is 0.593. The van der Waals surface area contributed by atoms with E-state index in [0.29, 0.717) is 50.7 Å². The van der Waals surface area contributed by atoms with Crippen LogP contribution < -0.4 is 14.8 Å². The summed E-state index contributed by atoms with van der Waals surface area (Å²) in [5.41, 5.74) is 1.26. The minimum absolute atomic E-state index is 0.0278. The van der Waals surface area contributed by atoms with Crippen LogP contribution in [-0.2, 0) is 16.1 Å².